The van der Waals surface area contributed by atoms with Crippen molar-refractivity contribution in [3.63, 3.8) is 0 Å². The Bertz CT molecular complexity index is 752. The van der Waals surface area contributed by atoms with E-state index in [1.165, 1.54) is 0 Å². The summed E-state index contributed by atoms with van der Waals surface area (Å²) < 4.78 is 7.21. The monoisotopic (exact) mass is 266 g/mol. The van der Waals surface area contributed by atoms with Crippen LogP contribution >= 0.6 is 0 Å². The molecule has 0 saturated carbocycles. The van der Waals surface area contributed by atoms with Gasteiger partial charge in [0.25, 0.3) is 0 Å². The lowest BCUT2D eigenvalue weighted by Crippen LogP contribution is -2.21. The van der Waals surface area contributed by atoms with E-state index in [-0.39, 0.29) is 0 Å². The Balaban J connectivity index is 1.91. The summed E-state index contributed by atoms with van der Waals surface area (Å²) in [5, 5.41) is 12.6. The van der Waals surface area contributed by atoms with Gasteiger partial charge in [-0.1, -0.05) is 6.07 Å². The van der Waals surface area contributed by atoms with E-state index < -0.39 is 6.04 Å². The van der Waals surface area contributed by atoms with Crippen LogP contribution in [0.1, 0.15) is 23.2 Å². The van der Waals surface area contributed by atoms with Crippen molar-refractivity contribution in [3.8, 4) is 6.07 Å². The van der Waals surface area contributed by atoms with Crippen LogP contribution in [-0.4, -0.2) is 9.38 Å². The molecule has 0 aromatic carbocycles. The van der Waals surface area contributed by atoms with Crippen LogP contribution in [0.5, 0.6) is 0 Å². The second kappa shape index (κ2) is 5.19. The zero-order valence-electron chi connectivity index (χ0n) is 11.1. The maximum atomic E-state index is 9.43. The summed E-state index contributed by atoms with van der Waals surface area (Å²) >= 11 is 0. The molecule has 100 valence electrons. The van der Waals surface area contributed by atoms with Crippen molar-refractivity contribution in [2.45, 2.75) is 19.5 Å². The average molecular weight is 266 g/mol. The van der Waals surface area contributed by atoms with Gasteiger partial charge in [-0.15, -0.1) is 0 Å². The lowest BCUT2D eigenvalue weighted by Gasteiger charge is -2.11. The average Bonchev–Trinajstić information content (AvgIpc) is 3.07. The number of rotatable bonds is 4. The second-order valence-corrected chi connectivity index (χ2v) is 4.53. The van der Waals surface area contributed by atoms with Gasteiger partial charge in [0.05, 0.1) is 30.3 Å². The third-order valence-electron chi connectivity index (χ3n) is 3.21. The molecule has 0 fully saturated rings. The topological polar surface area (TPSA) is 66.3 Å². The number of hydrogen-bond donors (Lipinski definition) is 1. The molecule has 0 aliphatic rings. The lowest BCUT2D eigenvalue weighted by atomic mass is 10.2. The molecule has 1 atom stereocenters. The van der Waals surface area contributed by atoms with E-state index in [9.17, 15) is 5.26 Å². The first kappa shape index (κ1) is 12.5. The van der Waals surface area contributed by atoms with Crippen LogP contribution in [0, 0.1) is 18.3 Å². The van der Waals surface area contributed by atoms with Gasteiger partial charge in [0.2, 0.25) is 0 Å². The van der Waals surface area contributed by atoms with Crippen molar-refractivity contribution in [1.29, 1.82) is 5.26 Å². The van der Waals surface area contributed by atoms with Gasteiger partial charge in [-0.3, -0.25) is 5.32 Å². The first-order valence-corrected chi connectivity index (χ1v) is 6.38. The normalized spacial score (nSPS) is 12.4. The molecule has 3 aromatic rings. The van der Waals surface area contributed by atoms with Crippen LogP contribution in [-0.2, 0) is 6.54 Å². The number of hydrogen-bond acceptors (Lipinski definition) is 4. The summed E-state index contributed by atoms with van der Waals surface area (Å²) in [6.07, 6.45) is 3.54. The van der Waals surface area contributed by atoms with E-state index in [0.717, 1.165) is 22.8 Å². The molecule has 0 radical (unpaired) electrons. The first-order chi connectivity index (χ1) is 9.79. The number of furan rings is 1. The molecule has 20 heavy (non-hydrogen) atoms. The number of nitrogens with one attached hydrogen (secondary N) is 1. The molecule has 1 unspecified atom stereocenters. The fraction of sp³-hybridized carbons (Fsp3) is 0.200. The van der Waals surface area contributed by atoms with E-state index in [0.29, 0.717) is 6.54 Å². The molecule has 1 N–H and O–H groups in total. The van der Waals surface area contributed by atoms with Crippen molar-refractivity contribution in [2.75, 3.05) is 0 Å². The summed E-state index contributed by atoms with van der Waals surface area (Å²) in [6.45, 7) is 2.42. The first-order valence-electron chi connectivity index (χ1n) is 6.38. The number of nitriles is 1. The summed E-state index contributed by atoms with van der Waals surface area (Å²) in [5.74, 6) is 0.803. The number of pyridine rings is 1. The number of fused-ring (bicyclic) bond motifs is 1. The Labute approximate surface area is 116 Å². The molecule has 0 bridgehead atoms. The summed E-state index contributed by atoms with van der Waals surface area (Å²) in [6, 6.07) is 11.4. The van der Waals surface area contributed by atoms with E-state index in [1.807, 2.05) is 47.9 Å². The molecule has 0 aliphatic heterocycles. The minimum atomic E-state index is -0.433. The zero-order chi connectivity index (χ0) is 13.9. The minimum Gasteiger partial charge on any atom is -0.468 e. The van der Waals surface area contributed by atoms with Gasteiger partial charge in [0.15, 0.2) is 0 Å². The Morgan fingerprint density at radius 2 is 2.30 bits per heavy atom. The third kappa shape index (κ3) is 2.17. The van der Waals surface area contributed by atoms with Crippen molar-refractivity contribution >= 4 is 5.65 Å². The highest BCUT2D eigenvalue weighted by molar-refractivity contribution is 5.44. The SMILES string of the molecule is Cc1nc2ccccn2c1C(C#N)NCc1ccco1. The number of nitrogens with zero attached hydrogens (tertiary/aromatic N) is 3. The van der Waals surface area contributed by atoms with Gasteiger partial charge in [0, 0.05) is 6.20 Å². The van der Waals surface area contributed by atoms with Gasteiger partial charge in [0.1, 0.15) is 17.4 Å². The Hall–Kier alpha value is -2.58. The highest BCUT2D eigenvalue weighted by atomic mass is 16.3. The van der Waals surface area contributed by atoms with Crippen molar-refractivity contribution in [3.05, 3.63) is 59.9 Å². The quantitative estimate of drug-likeness (QED) is 0.788. The van der Waals surface area contributed by atoms with E-state index >= 15 is 0 Å². The molecule has 0 amide bonds. The Morgan fingerprint density at radius 1 is 1.40 bits per heavy atom. The fourth-order valence-corrected chi connectivity index (χ4v) is 2.30. The minimum absolute atomic E-state index is 0.433. The van der Waals surface area contributed by atoms with Crippen LogP contribution in [0.4, 0.5) is 0 Å². The molecule has 5 heteroatoms. The summed E-state index contributed by atoms with van der Waals surface area (Å²) in [7, 11) is 0. The van der Waals surface area contributed by atoms with Crippen LogP contribution in [0.25, 0.3) is 5.65 Å². The van der Waals surface area contributed by atoms with Crippen LogP contribution < -0.4 is 5.32 Å². The van der Waals surface area contributed by atoms with Crippen LogP contribution in [0.15, 0.2) is 47.2 Å². The van der Waals surface area contributed by atoms with E-state index in [4.69, 9.17) is 4.42 Å². The summed E-state index contributed by atoms with van der Waals surface area (Å²) in [4.78, 5) is 4.48. The fourth-order valence-electron chi connectivity index (χ4n) is 2.30. The molecule has 3 heterocycles. The second-order valence-electron chi connectivity index (χ2n) is 4.53. The predicted molar refractivity (Wildman–Crippen MR) is 73.8 cm³/mol. The molecule has 0 spiro atoms. The Kier molecular flexibility index (Phi) is 3.23. The third-order valence-corrected chi connectivity index (χ3v) is 3.21. The van der Waals surface area contributed by atoms with Gasteiger partial charge in [-0.2, -0.15) is 5.26 Å². The number of imidazole rings is 1. The van der Waals surface area contributed by atoms with Gasteiger partial charge in [-0.05, 0) is 31.2 Å². The maximum absolute atomic E-state index is 9.43. The molecule has 3 aromatic heterocycles. The zero-order valence-corrected chi connectivity index (χ0v) is 11.1. The lowest BCUT2D eigenvalue weighted by molar-refractivity contribution is 0.470. The number of aromatic nitrogens is 2. The van der Waals surface area contributed by atoms with Gasteiger partial charge in [-0.25, -0.2) is 4.98 Å². The van der Waals surface area contributed by atoms with Crippen LogP contribution in [0.2, 0.25) is 0 Å². The molecule has 0 aliphatic carbocycles. The maximum Gasteiger partial charge on any atom is 0.139 e. The molecular formula is C15H14N4O. The smallest absolute Gasteiger partial charge is 0.139 e. The highest BCUT2D eigenvalue weighted by Crippen LogP contribution is 2.19. The van der Waals surface area contributed by atoms with E-state index in [2.05, 4.69) is 16.4 Å². The number of aryl methyl sites for hydroxylation is 1. The van der Waals surface area contributed by atoms with Crippen molar-refractivity contribution < 1.29 is 4.42 Å². The predicted octanol–water partition coefficient (Wildman–Crippen LogP) is 2.59. The van der Waals surface area contributed by atoms with Crippen molar-refractivity contribution in [2.24, 2.45) is 0 Å². The molecule has 0 saturated heterocycles. The van der Waals surface area contributed by atoms with Crippen LogP contribution in [0.3, 0.4) is 0 Å². The molecular weight excluding hydrogens is 252 g/mol. The van der Waals surface area contributed by atoms with E-state index in [1.54, 1.807) is 6.26 Å². The van der Waals surface area contributed by atoms with Gasteiger partial charge >= 0.3 is 0 Å². The highest BCUT2D eigenvalue weighted by Gasteiger charge is 2.18. The standard InChI is InChI=1S/C15H14N4O/c1-11-15(19-7-3-2-6-14(19)18-11)13(9-16)17-10-12-5-4-8-20-12/h2-8,13,17H,10H2,1H3. The van der Waals surface area contributed by atoms with Gasteiger partial charge < -0.3 is 8.82 Å². The largest absolute Gasteiger partial charge is 0.468 e. The molecule has 3 rings (SSSR count). The summed E-state index contributed by atoms with van der Waals surface area (Å²) in [5.41, 5.74) is 2.57. The van der Waals surface area contributed by atoms with Crippen molar-refractivity contribution in [1.82, 2.24) is 14.7 Å². The molecule has 5 nitrogen and oxygen atoms in total. The Morgan fingerprint density at radius 3 is 3.05 bits per heavy atom.